The van der Waals surface area contributed by atoms with Crippen molar-refractivity contribution in [3.05, 3.63) is 29.3 Å². The molecule has 1 aromatic rings. The molecule has 1 amide bonds. The molecular weight excluding hydrogens is 258 g/mol. The molecule has 1 aliphatic heterocycles. The van der Waals surface area contributed by atoms with Gasteiger partial charge in [0.25, 0.3) is 0 Å². The van der Waals surface area contributed by atoms with Crippen LogP contribution in [0.2, 0.25) is 0 Å². The number of nitrogens with zero attached hydrogens (tertiary/aromatic N) is 2. The van der Waals surface area contributed by atoms with Gasteiger partial charge in [0.05, 0.1) is 25.9 Å². The molecule has 0 radical (unpaired) electrons. The summed E-state index contributed by atoms with van der Waals surface area (Å²) in [4.78, 5) is 13.4. The van der Waals surface area contributed by atoms with Crippen LogP contribution in [0, 0.1) is 11.3 Å². The Morgan fingerprint density at radius 3 is 3.10 bits per heavy atom. The Bertz CT molecular complexity index is 539. The number of benzene rings is 1. The molecule has 0 aromatic heterocycles. The number of nitrogens with two attached hydrogens (primary N) is 1. The van der Waals surface area contributed by atoms with Crippen molar-refractivity contribution in [3.8, 4) is 11.8 Å². The van der Waals surface area contributed by atoms with Gasteiger partial charge in [-0.25, -0.2) is 0 Å². The van der Waals surface area contributed by atoms with Crippen molar-refractivity contribution < 1.29 is 14.3 Å². The number of ether oxygens (including phenoxy) is 2. The van der Waals surface area contributed by atoms with Crippen molar-refractivity contribution in [1.29, 1.82) is 5.26 Å². The van der Waals surface area contributed by atoms with Crippen LogP contribution in [0.5, 0.6) is 5.75 Å². The number of amides is 1. The third kappa shape index (κ3) is 3.07. The zero-order valence-electron chi connectivity index (χ0n) is 11.3. The van der Waals surface area contributed by atoms with E-state index in [1.807, 2.05) is 11.0 Å². The van der Waals surface area contributed by atoms with Gasteiger partial charge in [0.1, 0.15) is 17.9 Å². The Morgan fingerprint density at radius 1 is 1.65 bits per heavy atom. The van der Waals surface area contributed by atoms with Crippen molar-refractivity contribution in [3.63, 3.8) is 0 Å². The number of hydrogen-bond donors (Lipinski definition) is 1. The highest BCUT2D eigenvalue weighted by Gasteiger charge is 2.27. The molecule has 0 aliphatic carbocycles. The summed E-state index contributed by atoms with van der Waals surface area (Å²) in [7, 11) is 1.53. The Labute approximate surface area is 117 Å². The molecule has 20 heavy (non-hydrogen) atoms. The molecule has 0 spiro atoms. The average molecular weight is 275 g/mol. The van der Waals surface area contributed by atoms with E-state index in [4.69, 9.17) is 20.5 Å². The molecule has 1 saturated heterocycles. The lowest BCUT2D eigenvalue weighted by molar-refractivity contribution is -0.129. The van der Waals surface area contributed by atoms with Crippen LogP contribution in [-0.4, -0.2) is 43.7 Å². The first kappa shape index (κ1) is 14.3. The molecule has 2 rings (SSSR count). The summed E-state index contributed by atoms with van der Waals surface area (Å²) in [5.74, 6) is 0.156. The Balaban J connectivity index is 2.16. The smallest absolute Gasteiger partial charge is 0.237 e. The highest BCUT2D eigenvalue weighted by Crippen LogP contribution is 2.21. The monoisotopic (exact) mass is 275 g/mol. The largest absolute Gasteiger partial charge is 0.495 e. The predicted molar refractivity (Wildman–Crippen MR) is 71.9 cm³/mol. The summed E-state index contributed by atoms with van der Waals surface area (Å²) < 4.78 is 10.4. The number of primary amides is 1. The second-order valence-corrected chi connectivity index (χ2v) is 4.61. The highest BCUT2D eigenvalue weighted by molar-refractivity contribution is 5.80. The van der Waals surface area contributed by atoms with Crippen LogP contribution in [0.4, 0.5) is 0 Å². The van der Waals surface area contributed by atoms with Crippen LogP contribution in [0.15, 0.2) is 18.2 Å². The maximum absolute atomic E-state index is 11.4. The summed E-state index contributed by atoms with van der Waals surface area (Å²) in [6, 6.07) is 7.09. The third-order valence-electron chi connectivity index (χ3n) is 3.34. The second-order valence-electron chi connectivity index (χ2n) is 4.61. The van der Waals surface area contributed by atoms with Crippen LogP contribution in [-0.2, 0) is 16.1 Å². The summed E-state index contributed by atoms with van der Waals surface area (Å²) in [5, 5.41) is 9.08. The van der Waals surface area contributed by atoms with Gasteiger partial charge < -0.3 is 15.2 Å². The number of hydrogen-bond acceptors (Lipinski definition) is 5. The fourth-order valence-corrected chi connectivity index (χ4v) is 2.26. The molecule has 0 bridgehead atoms. The summed E-state index contributed by atoms with van der Waals surface area (Å²) in [6.45, 7) is 2.08. The average Bonchev–Trinajstić information content (AvgIpc) is 2.47. The van der Waals surface area contributed by atoms with E-state index in [1.165, 1.54) is 7.11 Å². The van der Waals surface area contributed by atoms with E-state index in [-0.39, 0.29) is 0 Å². The van der Waals surface area contributed by atoms with Gasteiger partial charge >= 0.3 is 0 Å². The van der Waals surface area contributed by atoms with Gasteiger partial charge in [-0.2, -0.15) is 5.26 Å². The molecular formula is C14H17N3O3. The fourth-order valence-electron chi connectivity index (χ4n) is 2.26. The van der Waals surface area contributed by atoms with Crippen LogP contribution >= 0.6 is 0 Å². The Hall–Kier alpha value is -2.10. The van der Waals surface area contributed by atoms with E-state index in [0.29, 0.717) is 37.6 Å². The summed E-state index contributed by atoms with van der Waals surface area (Å²) in [6.07, 6.45) is 0. The standard InChI is InChI=1S/C14H17N3O3/c1-19-13-3-2-10(6-11(13)7-15)8-17-4-5-20-9-12(17)14(16)18/h2-3,6,12H,4-5,8-9H2,1H3,(H2,16,18). The SMILES string of the molecule is COc1ccc(CN2CCOCC2C(N)=O)cc1C#N. The normalized spacial score (nSPS) is 19.3. The fraction of sp³-hybridized carbons (Fsp3) is 0.429. The van der Waals surface area contributed by atoms with E-state index in [2.05, 4.69) is 6.07 Å². The van der Waals surface area contributed by atoms with E-state index in [1.54, 1.807) is 12.1 Å². The molecule has 106 valence electrons. The molecule has 1 heterocycles. The number of morpholine rings is 1. The maximum Gasteiger partial charge on any atom is 0.237 e. The minimum atomic E-state index is -0.420. The van der Waals surface area contributed by atoms with Gasteiger partial charge in [0.2, 0.25) is 5.91 Å². The predicted octanol–water partition coefficient (Wildman–Crippen LogP) is 0.253. The maximum atomic E-state index is 11.4. The Morgan fingerprint density at radius 2 is 2.45 bits per heavy atom. The van der Waals surface area contributed by atoms with Crippen LogP contribution in [0.25, 0.3) is 0 Å². The second kappa shape index (κ2) is 6.37. The van der Waals surface area contributed by atoms with Gasteiger partial charge in [-0.05, 0) is 17.7 Å². The molecule has 6 nitrogen and oxygen atoms in total. The quantitative estimate of drug-likeness (QED) is 0.851. The first-order valence-corrected chi connectivity index (χ1v) is 6.34. The lowest BCUT2D eigenvalue weighted by Crippen LogP contribution is -2.51. The zero-order valence-corrected chi connectivity index (χ0v) is 11.3. The molecule has 1 aromatic carbocycles. The van der Waals surface area contributed by atoms with Crippen molar-refractivity contribution in [2.75, 3.05) is 26.9 Å². The van der Waals surface area contributed by atoms with E-state index < -0.39 is 11.9 Å². The van der Waals surface area contributed by atoms with Gasteiger partial charge in [-0.3, -0.25) is 9.69 Å². The van der Waals surface area contributed by atoms with E-state index in [9.17, 15) is 4.79 Å². The zero-order chi connectivity index (χ0) is 14.5. The molecule has 1 unspecified atom stereocenters. The summed E-state index contributed by atoms with van der Waals surface area (Å²) >= 11 is 0. The molecule has 0 saturated carbocycles. The highest BCUT2D eigenvalue weighted by atomic mass is 16.5. The lowest BCUT2D eigenvalue weighted by Gasteiger charge is -2.33. The number of rotatable bonds is 4. The van der Waals surface area contributed by atoms with Crippen LogP contribution in [0.3, 0.4) is 0 Å². The van der Waals surface area contributed by atoms with Crippen molar-refractivity contribution in [2.24, 2.45) is 5.73 Å². The number of carbonyl (C=O) groups is 1. The molecule has 2 N–H and O–H groups in total. The van der Waals surface area contributed by atoms with Crippen LogP contribution in [0.1, 0.15) is 11.1 Å². The Kier molecular flexibility index (Phi) is 4.56. The minimum Gasteiger partial charge on any atom is -0.495 e. The molecule has 1 atom stereocenters. The van der Waals surface area contributed by atoms with Gasteiger partial charge in [-0.15, -0.1) is 0 Å². The number of nitriles is 1. The third-order valence-corrected chi connectivity index (χ3v) is 3.34. The van der Waals surface area contributed by atoms with Crippen molar-refractivity contribution >= 4 is 5.91 Å². The topological polar surface area (TPSA) is 88.6 Å². The first-order valence-electron chi connectivity index (χ1n) is 6.34. The van der Waals surface area contributed by atoms with Gasteiger partial charge in [0, 0.05) is 13.1 Å². The first-order chi connectivity index (χ1) is 9.65. The van der Waals surface area contributed by atoms with Crippen molar-refractivity contribution in [1.82, 2.24) is 4.90 Å². The van der Waals surface area contributed by atoms with Gasteiger partial charge in [0.15, 0.2) is 0 Å². The summed E-state index contributed by atoms with van der Waals surface area (Å²) in [5.41, 5.74) is 6.80. The minimum absolute atomic E-state index is 0.316. The van der Waals surface area contributed by atoms with E-state index >= 15 is 0 Å². The van der Waals surface area contributed by atoms with E-state index in [0.717, 1.165) is 5.56 Å². The lowest BCUT2D eigenvalue weighted by atomic mass is 10.1. The molecule has 1 fully saturated rings. The van der Waals surface area contributed by atoms with Gasteiger partial charge in [-0.1, -0.05) is 6.07 Å². The number of carbonyl (C=O) groups excluding carboxylic acids is 1. The molecule has 6 heteroatoms. The number of methoxy groups -OCH3 is 1. The molecule has 1 aliphatic rings. The van der Waals surface area contributed by atoms with Crippen molar-refractivity contribution in [2.45, 2.75) is 12.6 Å². The van der Waals surface area contributed by atoms with Crippen LogP contribution < -0.4 is 10.5 Å².